The number of carboxylic acid groups (broad SMARTS) is 2. The Hall–Kier alpha value is 2.21. The first kappa shape index (κ1) is 32.9. The third-order valence-electron chi connectivity index (χ3n) is 4.67. The van der Waals surface area contributed by atoms with E-state index in [0.29, 0.717) is 6.42 Å². The van der Waals surface area contributed by atoms with Gasteiger partial charge in [-0.05, 0) is 6.42 Å². The van der Waals surface area contributed by atoms with Crippen molar-refractivity contribution in [1.82, 2.24) is 0 Å². The quantitative estimate of drug-likeness (QED) is 0.139. The summed E-state index contributed by atoms with van der Waals surface area (Å²) in [5, 5.41) is 21.2. The topological polar surface area (TPSA) is 80.3 Å². The van der Waals surface area contributed by atoms with Gasteiger partial charge in [0, 0.05) is 5.92 Å². The molecule has 6 heteroatoms. The van der Waals surface area contributed by atoms with Gasteiger partial charge in [0.1, 0.15) is 0 Å². The fourth-order valence-electron chi connectivity index (χ4n) is 3.05. The average molecular weight is 419 g/mol. The smallest absolute Gasteiger partial charge is 0.549 e. The Kier molecular flexibility index (Phi) is 31.9. The van der Waals surface area contributed by atoms with Crippen molar-refractivity contribution in [1.29, 1.82) is 0 Å². The predicted octanol–water partition coefficient (Wildman–Crippen LogP) is -2.63. The third kappa shape index (κ3) is 22.5. The molecule has 0 aromatic heterocycles. The van der Waals surface area contributed by atoms with Gasteiger partial charge in [-0.3, -0.25) is 0 Å². The van der Waals surface area contributed by atoms with Gasteiger partial charge in [0.15, 0.2) is 0 Å². The fourth-order valence-corrected chi connectivity index (χ4v) is 3.05. The fraction of sp³-hybridized carbons (Fsp3) is 0.900. The number of carbonyl (C=O) groups is 2. The second-order valence-corrected chi connectivity index (χ2v) is 6.93. The van der Waals surface area contributed by atoms with E-state index in [4.69, 9.17) is 0 Å². The third-order valence-corrected chi connectivity index (χ3v) is 4.67. The number of carbonyl (C=O) groups excluding carboxylic acids is 2. The van der Waals surface area contributed by atoms with Gasteiger partial charge in [-0.2, -0.15) is 0 Å². The van der Waals surface area contributed by atoms with Crippen LogP contribution in [0.5, 0.6) is 0 Å². The molecule has 0 rings (SSSR count). The molecule has 0 saturated carbocycles. The molecule has 0 N–H and O–H groups in total. The molecule has 0 bridgehead atoms. The van der Waals surface area contributed by atoms with Crippen molar-refractivity contribution in [3.63, 3.8) is 0 Å². The maximum atomic E-state index is 10.6. The zero-order valence-corrected chi connectivity index (χ0v) is 23.8. The number of unbranched alkanes of at least 4 members (excludes halogenated alkanes) is 14. The van der Waals surface area contributed by atoms with E-state index in [1.54, 1.807) is 0 Å². The van der Waals surface area contributed by atoms with Crippen molar-refractivity contribution < 1.29 is 123 Å². The van der Waals surface area contributed by atoms with Crippen molar-refractivity contribution >= 4 is 11.9 Å². The van der Waals surface area contributed by atoms with E-state index in [-0.39, 0.29) is 109 Å². The number of carboxylic acids is 2. The summed E-state index contributed by atoms with van der Waals surface area (Å²) in [7, 11) is 0. The van der Waals surface area contributed by atoms with E-state index in [1.807, 2.05) is 0 Å². The van der Waals surface area contributed by atoms with Crippen LogP contribution in [0, 0.1) is 5.92 Å². The molecule has 0 aliphatic rings. The summed E-state index contributed by atoms with van der Waals surface area (Å²) in [5.74, 6) is -4.51. The molecule has 0 amide bonds. The summed E-state index contributed by atoms with van der Waals surface area (Å²) >= 11 is 0. The summed E-state index contributed by atoms with van der Waals surface area (Å²) in [6.07, 6.45) is 18.6. The zero-order chi connectivity index (χ0) is 18.0. The Morgan fingerprint density at radius 3 is 1.12 bits per heavy atom. The van der Waals surface area contributed by atoms with Gasteiger partial charge in [-0.1, -0.05) is 103 Å². The van der Waals surface area contributed by atoms with E-state index in [9.17, 15) is 19.8 Å². The van der Waals surface area contributed by atoms with E-state index >= 15 is 0 Å². The molecule has 0 spiro atoms. The largest absolute Gasteiger partial charge is 1.00 e. The molecule has 0 aromatic carbocycles. The van der Waals surface area contributed by atoms with E-state index in [1.165, 1.54) is 70.6 Å². The van der Waals surface area contributed by atoms with Crippen molar-refractivity contribution in [2.45, 2.75) is 110 Å². The van der Waals surface area contributed by atoms with Gasteiger partial charge < -0.3 is 19.8 Å². The average Bonchev–Trinajstić information content (AvgIpc) is 2.53. The van der Waals surface area contributed by atoms with E-state index < -0.39 is 17.9 Å². The summed E-state index contributed by atoms with van der Waals surface area (Å²) in [5.41, 5.74) is 0. The molecule has 0 aliphatic heterocycles. The molecule has 0 radical (unpaired) electrons. The molecule has 0 aromatic rings. The number of hydrogen-bond donors (Lipinski definition) is 0. The Labute approximate surface area is 245 Å². The summed E-state index contributed by atoms with van der Waals surface area (Å²) < 4.78 is 0. The molecule has 0 heterocycles. The Balaban J connectivity index is -0.00000264. The maximum absolute atomic E-state index is 10.6. The summed E-state index contributed by atoms with van der Waals surface area (Å²) in [6, 6.07) is 0. The number of hydrogen-bond acceptors (Lipinski definition) is 4. The molecule has 0 aliphatic carbocycles. The number of rotatable bonds is 18. The van der Waals surface area contributed by atoms with Gasteiger partial charge >= 0.3 is 103 Å². The minimum Gasteiger partial charge on any atom is -0.549 e. The van der Waals surface area contributed by atoms with Gasteiger partial charge in [0.2, 0.25) is 0 Å². The first-order valence-corrected chi connectivity index (χ1v) is 10.0. The number of aliphatic carboxylic acids is 2. The molecular formula is C20H36K2O4. The Bertz CT molecular complexity index is 311. The first-order chi connectivity index (χ1) is 11.6. The second kappa shape index (κ2) is 25.2. The Morgan fingerprint density at radius 2 is 0.846 bits per heavy atom. The van der Waals surface area contributed by atoms with E-state index in [0.717, 1.165) is 19.3 Å². The zero-order valence-electron chi connectivity index (χ0n) is 17.5. The van der Waals surface area contributed by atoms with Crippen LogP contribution >= 0.6 is 0 Å². The van der Waals surface area contributed by atoms with Crippen LogP contribution < -0.4 is 113 Å². The Morgan fingerprint density at radius 1 is 0.577 bits per heavy atom. The second-order valence-electron chi connectivity index (χ2n) is 6.93. The standard InChI is InChI=1S/C20H38O4.2K/c1-2-3-4-5-6-7-8-9-10-11-12-13-14-15-16-17-18(19(21)22)20(23)24;;/h18H,2-17H2,1H3,(H,21,22)(H,23,24);;/q;2*+1/p-2. The predicted molar refractivity (Wildman–Crippen MR) is 93.1 cm³/mol. The molecule has 26 heavy (non-hydrogen) atoms. The first-order valence-electron chi connectivity index (χ1n) is 10.0. The minimum atomic E-state index is -1.53. The minimum absolute atomic E-state index is 0. The van der Waals surface area contributed by atoms with Crippen molar-refractivity contribution in [3.8, 4) is 0 Å². The van der Waals surface area contributed by atoms with Crippen LogP contribution in [0.1, 0.15) is 110 Å². The molecular weight excluding hydrogens is 382 g/mol. The van der Waals surface area contributed by atoms with Crippen LogP contribution in [0.4, 0.5) is 0 Å². The molecule has 0 fully saturated rings. The van der Waals surface area contributed by atoms with Gasteiger partial charge in [-0.15, -0.1) is 0 Å². The van der Waals surface area contributed by atoms with Crippen LogP contribution in [0.2, 0.25) is 0 Å². The molecule has 0 atom stereocenters. The maximum Gasteiger partial charge on any atom is 1.00 e. The summed E-state index contributed by atoms with van der Waals surface area (Å²) in [6.45, 7) is 2.25. The molecule has 0 saturated heterocycles. The van der Waals surface area contributed by atoms with Gasteiger partial charge in [0.25, 0.3) is 0 Å². The van der Waals surface area contributed by atoms with Gasteiger partial charge in [0.05, 0.1) is 11.9 Å². The van der Waals surface area contributed by atoms with Crippen molar-refractivity contribution in [2.24, 2.45) is 5.92 Å². The normalized spacial score (nSPS) is 10.2. The summed E-state index contributed by atoms with van der Waals surface area (Å²) in [4.78, 5) is 21.2. The van der Waals surface area contributed by atoms with Crippen LogP contribution in [-0.4, -0.2) is 11.9 Å². The SMILES string of the molecule is CCCCCCCCCCCCCCCCCC(C(=O)[O-])C(=O)[O-].[K+].[K+]. The monoisotopic (exact) mass is 418 g/mol. The molecule has 4 nitrogen and oxygen atoms in total. The van der Waals surface area contributed by atoms with Crippen LogP contribution in [-0.2, 0) is 9.59 Å². The van der Waals surface area contributed by atoms with Crippen molar-refractivity contribution in [3.05, 3.63) is 0 Å². The van der Waals surface area contributed by atoms with Crippen LogP contribution in [0.15, 0.2) is 0 Å². The van der Waals surface area contributed by atoms with Crippen molar-refractivity contribution in [2.75, 3.05) is 0 Å². The van der Waals surface area contributed by atoms with Gasteiger partial charge in [-0.25, -0.2) is 0 Å². The molecule has 142 valence electrons. The van der Waals surface area contributed by atoms with Crippen LogP contribution in [0.25, 0.3) is 0 Å². The van der Waals surface area contributed by atoms with E-state index in [2.05, 4.69) is 6.92 Å². The van der Waals surface area contributed by atoms with Crippen LogP contribution in [0.3, 0.4) is 0 Å². The molecule has 0 unspecified atom stereocenters.